The first-order valence-electron chi connectivity index (χ1n) is 20.6. The summed E-state index contributed by atoms with van der Waals surface area (Å²) in [5, 5.41) is 3.20. The Morgan fingerprint density at radius 3 is 1.81 bits per heavy atom. The highest BCUT2D eigenvalue weighted by Gasteiger charge is 2.33. The Kier molecular flexibility index (Phi) is 18.2. The summed E-state index contributed by atoms with van der Waals surface area (Å²) in [5.74, 6) is -1.16. The monoisotopic (exact) mass is 890 g/mol. The summed E-state index contributed by atoms with van der Waals surface area (Å²) in [5.41, 5.74) is 4.93. The molecule has 1 heterocycles. The van der Waals surface area contributed by atoms with Gasteiger partial charge in [-0.05, 0) is 84.3 Å². The first-order chi connectivity index (χ1) is 30.4. The Bertz CT molecular complexity index is 2420. The zero-order chi connectivity index (χ0) is 45.4. The van der Waals surface area contributed by atoms with Gasteiger partial charge in [0.05, 0.1) is 95.6 Å². The van der Waals surface area contributed by atoms with Crippen molar-refractivity contribution in [2.75, 3.05) is 78.0 Å². The lowest BCUT2D eigenvalue weighted by molar-refractivity contribution is 0.0397. The number of methoxy groups -OCH3 is 2. The van der Waals surface area contributed by atoms with Crippen LogP contribution in [0.4, 0.5) is 10.1 Å². The van der Waals surface area contributed by atoms with Gasteiger partial charge >= 0.3 is 11.9 Å². The van der Waals surface area contributed by atoms with E-state index < -0.39 is 21.8 Å². The summed E-state index contributed by atoms with van der Waals surface area (Å²) in [6, 6.07) is 23.4. The van der Waals surface area contributed by atoms with Gasteiger partial charge in [0.1, 0.15) is 17.2 Å². The van der Waals surface area contributed by atoms with Gasteiger partial charge in [-0.2, -0.15) is 0 Å². The normalized spacial score (nSPS) is 12.3. The van der Waals surface area contributed by atoms with Crippen molar-refractivity contribution in [3.63, 3.8) is 0 Å². The number of fused-ring (bicyclic) bond motifs is 1. The molecule has 63 heavy (non-hydrogen) atoms. The van der Waals surface area contributed by atoms with Crippen LogP contribution in [0.5, 0.6) is 0 Å². The van der Waals surface area contributed by atoms with Crippen LogP contribution < -0.4 is 9.62 Å². The maximum atomic E-state index is 13.6. The molecule has 0 atom stereocenters. The summed E-state index contributed by atoms with van der Waals surface area (Å²) < 4.78 is 78.9. The fourth-order valence-corrected chi connectivity index (χ4v) is 7.63. The van der Waals surface area contributed by atoms with Gasteiger partial charge in [0.2, 0.25) is 10.0 Å². The van der Waals surface area contributed by atoms with Gasteiger partial charge in [-0.3, -0.25) is 9.10 Å². The number of hydrogen-bond donors (Lipinski definition) is 1. The lowest BCUT2D eigenvalue weighted by Crippen LogP contribution is -2.34. The smallest absolute Gasteiger partial charge is 0.338 e. The van der Waals surface area contributed by atoms with Gasteiger partial charge in [-0.1, -0.05) is 43.3 Å². The molecule has 0 bridgehead atoms. The van der Waals surface area contributed by atoms with Gasteiger partial charge < -0.3 is 38.2 Å². The summed E-state index contributed by atoms with van der Waals surface area (Å²) >= 11 is 0. The van der Waals surface area contributed by atoms with Gasteiger partial charge in [0.15, 0.2) is 0 Å². The number of anilines is 1. The molecule has 0 radical (unpaired) electrons. The highest BCUT2D eigenvalue weighted by molar-refractivity contribution is 7.92. The molecule has 0 saturated heterocycles. The zero-order valence-electron chi connectivity index (χ0n) is 36.3. The molecule has 338 valence electrons. The second-order valence-corrected chi connectivity index (χ2v) is 16.4. The number of ether oxygens (including phenoxy) is 6. The van der Waals surface area contributed by atoms with Crippen LogP contribution in [0.1, 0.15) is 79.9 Å². The lowest BCUT2D eigenvalue weighted by atomic mass is 10.0. The van der Waals surface area contributed by atoms with Crippen LogP contribution in [0.15, 0.2) is 89.3 Å². The number of nitrogens with one attached hydrogen (secondary N) is 1. The van der Waals surface area contributed by atoms with Crippen molar-refractivity contribution in [3.8, 4) is 11.3 Å². The maximum absolute atomic E-state index is 13.6. The Morgan fingerprint density at radius 2 is 1.30 bits per heavy atom. The van der Waals surface area contributed by atoms with Crippen molar-refractivity contribution in [1.82, 2.24) is 5.32 Å². The fourth-order valence-electron chi connectivity index (χ4n) is 6.71. The van der Waals surface area contributed by atoms with Gasteiger partial charge in [0.25, 0.3) is 5.91 Å². The largest absolute Gasteiger partial charge is 0.465 e. The molecule has 16 heteroatoms. The number of halogens is 1. The molecule has 14 nitrogen and oxygen atoms in total. The van der Waals surface area contributed by atoms with E-state index in [2.05, 4.69) is 12.2 Å². The van der Waals surface area contributed by atoms with Crippen LogP contribution in [0.3, 0.4) is 0 Å². The SMILES string of the molecule is CCCOCCOCc1ccccc1C(=O)OC.CNC(=O)c1c(-c2ccc(F)cc2)oc2cc(N(CCOCCOCc3ccccc3C(=O)OC)S(C)(=O)=O)c(C3CC3)cc12. The highest BCUT2D eigenvalue weighted by Crippen LogP contribution is 2.48. The number of esters is 2. The average molecular weight is 891 g/mol. The molecule has 0 unspecified atom stereocenters. The van der Waals surface area contributed by atoms with Crippen molar-refractivity contribution in [3.05, 3.63) is 124 Å². The standard InChI is InChI=1S/C33H35FN2O8S.C14H20O4/c1-35-32(37)30-27-18-26(21-8-9-21)28(19-29(27)44-31(30)22-10-12-24(34)13-11-22)36(45(3,39)40)14-15-42-16-17-43-20-23-6-4-5-7-25(23)33(38)41-2;1-3-8-17-9-10-18-11-12-6-4-5-7-13(12)14(15)16-2/h4-7,10-13,18-19,21H,8-9,14-17,20H2,1-3H3,(H,35,37);4-7H,3,8-11H2,1-2H3. The van der Waals surface area contributed by atoms with Crippen molar-refractivity contribution in [2.45, 2.75) is 45.3 Å². The first-order valence-corrected chi connectivity index (χ1v) is 22.5. The Hall–Kier alpha value is -5.65. The van der Waals surface area contributed by atoms with E-state index in [0.717, 1.165) is 43.3 Å². The summed E-state index contributed by atoms with van der Waals surface area (Å²) in [4.78, 5) is 36.5. The number of furan rings is 1. The summed E-state index contributed by atoms with van der Waals surface area (Å²) in [7, 11) is 0.482. The molecule has 1 aliphatic rings. The maximum Gasteiger partial charge on any atom is 0.338 e. The molecule has 1 aliphatic carbocycles. The van der Waals surface area contributed by atoms with E-state index >= 15 is 0 Å². The van der Waals surface area contributed by atoms with Gasteiger partial charge in [-0.25, -0.2) is 22.4 Å². The molecule has 1 aromatic heterocycles. The Labute approximate surface area is 367 Å². The first kappa shape index (κ1) is 48.4. The number of benzene rings is 4. The van der Waals surface area contributed by atoms with E-state index in [0.29, 0.717) is 64.3 Å². The van der Waals surface area contributed by atoms with Crippen LogP contribution >= 0.6 is 0 Å². The van der Waals surface area contributed by atoms with E-state index in [4.69, 9.17) is 32.8 Å². The number of amides is 1. The quantitative estimate of drug-likeness (QED) is 0.0532. The van der Waals surface area contributed by atoms with Crippen LogP contribution in [-0.2, 0) is 51.7 Å². The molecule has 1 amide bonds. The third kappa shape index (κ3) is 13.4. The van der Waals surface area contributed by atoms with E-state index in [1.165, 1.54) is 49.8 Å². The van der Waals surface area contributed by atoms with Crippen molar-refractivity contribution in [2.24, 2.45) is 0 Å². The van der Waals surface area contributed by atoms with E-state index in [1.807, 2.05) is 18.2 Å². The molecule has 6 rings (SSSR count). The molecule has 0 aliphatic heterocycles. The van der Waals surface area contributed by atoms with Gasteiger partial charge in [-0.15, -0.1) is 0 Å². The predicted molar refractivity (Wildman–Crippen MR) is 236 cm³/mol. The highest BCUT2D eigenvalue weighted by atomic mass is 32.2. The Morgan fingerprint density at radius 1 is 0.762 bits per heavy atom. The minimum absolute atomic E-state index is 0.0447. The van der Waals surface area contributed by atoms with Crippen LogP contribution in [0, 0.1) is 5.82 Å². The minimum atomic E-state index is -3.73. The van der Waals surface area contributed by atoms with Crippen molar-refractivity contribution < 1.29 is 60.0 Å². The zero-order valence-corrected chi connectivity index (χ0v) is 37.1. The second-order valence-electron chi connectivity index (χ2n) is 14.5. The minimum Gasteiger partial charge on any atom is -0.465 e. The third-order valence-corrected chi connectivity index (χ3v) is 11.2. The number of carbonyl (C=O) groups is 3. The third-order valence-electron chi connectivity index (χ3n) is 9.98. The van der Waals surface area contributed by atoms with Crippen LogP contribution in [0.25, 0.3) is 22.3 Å². The molecule has 1 fully saturated rings. The number of sulfonamides is 1. The van der Waals surface area contributed by atoms with E-state index in [9.17, 15) is 27.2 Å². The van der Waals surface area contributed by atoms with Gasteiger partial charge in [0, 0.05) is 30.7 Å². The predicted octanol–water partition coefficient (Wildman–Crippen LogP) is 7.68. The lowest BCUT2D eigenvalue weighted by Gasteiger charge is -2.25. The number of rotatable bonds is 22. The van der Waals surface area contributed by atoms with Crippen molar-refractivity contribution in [1.29, 1.82) is 0 Å². The Balaban J connectivity index is 0.000000349. The van der Waals surface area contributed by atoms with Crippen molar-refractivity contribution >= 4 is 44.5 Å². The number of nitrogens with zero attached hydrogens (tertiary/aromatic N) is 1. The fraction of sp³-hybridized carbons (Fsp3) is 0.383. The van der Waals surface area contributed by atoms with E-state index in [-0.39, 0.29) is 56.5 Å². The molecule has 5 aromatic rings. The summed E-state index contributed by atoms with van der Waals surface area (Å²) in [6.07, 6.45) is 3.92. The molecular formula is C47H55FN2O12S. The molecule has 1 saturated carbocycles. The molecular weight excluding hydrogens is 836 g/mol. The molecule has 0 spiro atoms. The van der Waals surface area contributed by atoms with Crippen LogP contribution in [0.2, 0.25) is 0 Å². The number of carbonyl (C=O) groups excluding carboxylic acids is 3. The second kappa shape index (κ2) is 23.7. The molecule has 1 N–H and O–H groups in total. The number of hydrogen-bond acceptors (Lipinski definition) is 12. The average Bonchev–Trinajstić information content (AvgIpc) is 4.07. The van der Waals surface area contributed by atoms with E-state index in [1.54, 1.807) is 42.5 Å². The topological polar surface area (TPSA) is 169 Å². The summed E-state index contributed by atoms with van der Waals surface area (Å²) in [6.45, 7) is 5.08. The molecule has 4 aromatic carbocycles. The van der Waals surface area contributed by atoms with Crippen LogP contribution in [-0.4, -0.2) is 100.0 Å².